The average molecular weight is 284 g/mol. The van der Waals surface area contributed by atoms with Gasteiger partial charge in [0.1, 0.15) is 0 Å². The summed E-state index contributed by atoms with van der Waals surface area (Å²) in [6, 6.07) is 0. The lowest BCUT2D eigenvalue weighted by Crippen LogP contribution is -2.39. The minimum atomic E-state index is 0.420. The summed E-state index contributed by atoms with van der Waals surface area (Å²) in [5.74, 6) is 4.41. The maximum Gasteiger partial charge on any atom is 0.222 e. The highest BCUT2D eigenvalue weighted by Gasteiger charge is 2.25. The van der Waals surface area contributed by atoms with Gasteiger partial charge in [0.2, 0.25) is 5.91 Å². The number of rotatable bonds is 5. The van der Waals surface area contributed by atoms with Crippen molar-refractivity contribution in [2.75, 3.05) is 38.2 Å². The van der Waals surface area contributed by atoms with Crippen molar-refractivity contribution in [1.29, 1.82) is 0 Å². The van der Waals surface area contributed by atoms with Gasteiger partial charge in [0, 0.05) is 19.5 Å². The van der Waals surface area contributed by atoms with E-state index in [1.54, 1.807) is 0 Å². The summed E-state index contributed by atoms with van der Waals surface area (Å²) in [5, 5.41) is 3.22. The third-order valence-electron chi connectivity index (χ3n) is 4.57. The zero-order valence-electron chi connectivity index (χ0n) is 12.2. The normalized spacial score (nSPS) is 22.7. The number of carbonyl (C=O) groups is 1. The molecule has 2 aliphatic rings. The molecule has 0 atom stereocenters. The standard InChI is InChI=1S/C15H28N2OS/c1-16-7-2-13-3-8-17(9-4-13)15(18)12-14-5-10-19-11-6-14/h13-14,16H,2-12H2,1H3. The molecule has 0 aromatic heterocycles. The van der Waals surface area contributed by atoms with Gasteiger partial charge in [-0.3, -0.25) is 4.79 Å². The minimum Gasteiger partial charge on any atom is -0.343 e. The van der Waals surface area contributed by atoms with Crippen LogP contribution in [0.25, 0.3) is 0 Å². The molecule has 0 radical (unpaired) electrons. The fraction of sp³-hybridized carbons (Fsp3) is 0.933. The monoisotopic (exact) mass is 284 g/mol. The van der Waals surface area contributed by atoms with Crippen molar-refractivity contribution in [2.45, 2.75) is 38.5 Å². The van der Waals surface area contributed by atoms with Gasteiger partial charge in [-0.05, 0) is 69.0 Å². The summed E-state index contributed by atoms with van der Waals surface area (Å²) in [6.45, 7) is 3.10. The zero-order valence-corrected chi connectivity index (χ0v) is 13.0. The quantitative estimate of drug-likeness (QED) is 0.841. The van der Waals surface area contributed by atoms with Gasteiger partial charge in [0.15, 0.2) is 0 Å². The molecule has 19 heavy (non-hydrogen) atoms. The fourth-order valence-electron chi connectivity index (χ4n) is 3.15. The topological polar surface area (TPSA) is 32.3 Å². The maximum atomic E-state index is 12.3. The third kappa shape index (κ3) is 4.99. The molecule has 2 heterocycles. The van der Waals surface area contributed by atoms with Crippen LogP contribution < -0.4 is 5.32 Å². The average Bonchev–Trinajstić information content (AvgIpc) is 2.46. The lowest BCUT2D eigenvalue weighted by molar-refractivity contribution is -0.133. The number of thioether (sulfide) groups is 1. The van der Waals surface area contributed by atoms with Crippen LogP contribution in [0.5, 0.6) is 0 Å². The number of hydrogen-bond donors (Lipinski definition) is 1. The van der Waals surface area contributed by atoms with E-state index in [0.29, 0.717) is 11.8 Å². The van der Waals surface area contributed by atoms with Crippen LogP contribution in [-0.4, -0.2) is 49.0 Å². The Hall–Kier alpha value is -0.220. The molecule has 110 valence electrons. The van der Waals surface area contributed by atoms with Crippen LogP contribution >= 0.6 is 11.8 Å². The summed E-state index contributed by atoms with van der Waals surface area (Å²) in [4.78, 5) is 14.4. The second-order valence-electron chi connectivity index (χ2n) is 5.98. The van der Waals surface area contributed by atoms with Crippen molar-refractivity contribution >= 4 is 17.7 Å². The molecule has 0 aromatic rings. The summed E-state index contributed by atoms with van der Waals surface area (Å²) in [7, 11) is 2.01. The SMILES string of the molecule is CNCCC1CCN(C(=O)CC2CCSCC2)CC1. The highest BCUT2D eigenvalue weighted by molar-refractivity contribution is 7.99. The van der Waals surface area contributed by atoms with Crippen LogP contribution in [0.4, 0.5) is 0 Å². The third-order valence-corrected chi connectivity index (χ3v) is 5.62. The molecule has 4 heteroatoms. The Morgan fingerprint density at radius 1 is 1.16 bits per heavy atom. The van der Waals surface area contributed by atoms with Gasteiger partial charge >= 0.3 is 0 Å². The van der Waals surface area contributed by atoms with E-state index in [-0.39, 0.29) is 0 Å². The van der Waals surface area contributed by atoms with Crippen molar-refractivity contribution in [3.8, 4) is 0 Å². The van der Waals surface area contributed by atoms with Crippen LogP contribution in [0.1, 0.15) is 38.5 Å². The van der Waals surface area contributed by atoms with E-state index in [9.17, 15) is 4.79 Å². The van der Waals surface area contributed by atoms with Crippen molar-refractivity contribution in [1.82, 2.24) is 10.2 Å². The molecule has 0 unspecified atom stereocenters. The molecule has 0 bridgehead atoms. The van der Waals surface area contributed by atoms with E-state index in [1.165, 1.54) is 43.6 Å². The first-order chi connectivity index (χ1) is 9.29. The summed E-state index contributed by atoms with van der Waals surface area (Å²) in [6.07, 6.45) is 6.96. The molecule has 0 aromatic carbocycles. The molecular formula is C15H28N2OS. The van der Waals surface area contributed by atoms with Crippen LogP contribution in [0.2, 0.25) is 0 Å². The number of nitrogens with one attached hydrogen (secondary N) is 1. The lowest BCUT2D eigenvalue weighted by atomic mass is 9.92. The Balaban J connectivity index is 1.67. The number of piperidine rings is 1. The van der Waals surface area contributed by atoms with E-state index in [4.69, 9.17) is 0 Å². The summed E-state index contributed by atoms with van der Waals surface area (Å²) >= 11 is 2.04. The van der Waals surface area contributed by atoms with Gasteiger partial charge in [-0.1, -0.05) is 0 Å². The molecule has 0 aliphatic carbocycles. The van der Waals surface area contributed by atoms with E-state index < -0.39 is 0 Å². The molecule has 2 aliphatic heterocycles. The van der Waals surface area contributed by atoms with E-state index in [2.05, 4.69) is 10.2 Å². The van der Waals surface area contributed by atoms with Crippen molar-refractivity contribution in [3.63, 3.8) is 0 Å². The van der Waals surface area contributed by atoms with Gasteiger partial charge in [0.25, 0.3) is 0 Å². The first kappa shape index (κ1) is 15.2. The predicted octanol–water partition coefficient (Wildman–Crippen LogP) is 2.37. The van der Waals surface area contributed by atoms with Crippen LogP contribution in [0.15, 0.2) is 0 Å². The Kier molecular flexibility index (Phi) is 6.51. The van der Waals surface area contributed by atoms with Gasteiger partial charge in [-0.25, -0.2) is 0 Å². The van der Waals surface area contributed by atoms with Crippen molar-refractivity contribution in [3.05, 3.63) is 0 Å². The van der Waals surface area contributed by atoms with E-state index in [1.807, 2.05) is 18.8 Å². The first-order valence-corrected chi connectivity index (χ1v) is 8.95. The highest BCUT2D eigenvalue weighted by Crippen LogP contribution is 2.27. The highest BCUT2D eigenvalue weighted by atomic mass is 32.2. The molecular weight excluding hydrogens is 256 g/mol. The minimum absolute atomic E-state index is 0.420. The van der Waals surface area contributed by atoms with Gasteiger partial charge in [0.05, 0.1) is 0 Å². The summed E-state index contributed by atoms with van der Waals surface area (Å²) in [5.41, 5.74) is 0. The Morgan fingerprint density at radius 3 is 2.47 bits per heavy atom. The van der Waals surface area contributed by atoms with Crippen molar-refractivity contribution in [2.24, 2.45) is 11.8 Å². The number of amides is 1. The molecule has 3 nitrogen and oxygen atoms in total. The molecule has 1 amide bonds. The number of likely N-dealkylation sites (tertiary alicyclic amines) is 1. The molecule has 0 spiro atoms. The van der Waals surface area contributed by atoms with Gasteiger partial charge in [-0.2, -0.15) is 11.8 Å². The maximum absolute atomic E-state index is 12.3. The fourth-order valence-corrected chi connectivity index (χ4v) is 4.35. The first-order valence-electron chi connectivity index (χ1n) is 7.79. The predicted molar refractivity (Wildman–Crippen MR) is 82.5 cm³/mol. The number of nitrogens with zero attached hydrogens (tertiary/aromatic N) is 1. The molecule has 2 fully saturated rings. The van der Waals surface area contributed by atoms with Crippen molar-refractivity contribution < 1.29 is 4.79 Å². The largest absolute Gasteiger partial charge is 0.343 e. The van der Waals surface area contributed by atoms with Crippen LogP contribution in [-0.2, 0) is 4.79 Å². The Bertz CT molecular complexity index is 271. The smallest absolute Gasteiger partial charge is 0.222 e. The number of carbonyl (C=O) groups excluding carboxylic acids is 1. The molecule has 2 rings (SSSR count). The number of hydrogen-bond acceptors (Lipinski definition) is 3. The van der Waals surface area contributed by atoms with E-state index >= 15 is 0 Å². The van der Waals surface area contributed by atoms with Gasteiger partial charge < -0.3 is 10.2 Å². The molecule has 2 saturated heterocycles. The lowest BCUT2D eigenvalue weighted by Gasteiger charge is -2.33. The van der Waals surface area contributed by atoms with E-state index in [0.717, 1.165) is 32.0 Å². The Morgan fingerprint density at radius 2 is 1.84 bits per heavy atom. The molecule has 1 N–H and O–H groups in total. The molecule has 0 saturated carbocycles. The second kappa shape index (κ2) is 8.15. The summed E-state index contributed by atoms with van der Waals surface area (Å²) < 4.78 is 0. The van der Waals surface area contributed by atoms with Gasteiger partial charge in [-0.15, -0.1) is 0 Å². The van der Waals surface area contributed by atoms with Crippen LogP contribution in [0.3, 0.4) is 0 Å². The Labute approximate surface area is 121 Å². The zero-order chi connectivity index (χ0) is 13.5. The second-order valence-corrected chi connectivity index (χ2v) is 7.20. The van der Waals surface area contributed by atoms with Crippen LogP contribution in [0, 0.1) is 11.8 Å².